The molecule has 0 saturated carbocycles. The number of hydrogen-bond donors (Lipinski definition) is 1. The third kappa shape index (κ3) is 3.10. The smallest absolute Gasteiger partial charge is 0.180 e. The molecular formula is C15H24N4O. The van der Waals surface area contributed by atoms with Crippen LogP contribution in [0.25, 0.3) is 0 Å². The summed E-state index contributed by atoms with van der Waals surface area (Å²) in [5.41, 5.74) is 0. The standard InChI is InChI=1S/C15H24N4O/c1-2-6-14-16-15(18-17-14)13-11-19(9-10-20-13)12-7-4-3-5-8-12/h4,7,12-13H,2-3,5-6,8-11H2,1H3,(H,16,17,18)/t12-,13-/m0/s1. The van der Waals surface area contributed by atoms with E-state index in [4.69, 9.17) is 4.74 Å². The van der Waals surface area contributed by atoms with E-state index >= 15 is 0 Å². The monoisotopic (exact) mass is 276 g/mol. The Kier molecular flexibility index (Phi) is 4.47. The fraction of sp³-hybridized carbons (Fsp3) is 0.733. The van der Waals surface area contributed by atoms with E-state index in [2.05, 4.69) is 39.2 Å². The van der Waals surface area contributed by atoms with Gasteiger partial charge in [-0.2, -0.15) is 5.10 Å². The van der Waals surface area contributed by atoms with Crippen molar-refractivity contribution in [2.45, 2.75) is 51.2 Å². The second-order valence-electron chi connectivity index (χ2n) is 5.67. The van der Waals surface area contributed by atoms with Gasteiger partial charge in [-0.1, -0.05) is 19.1 Å². The number of aromatic amines is 1. The maximum atomic E-state index is 5.87. The molecular weight excluding hydrogens is 252 g/mol. The van der Waals surface area contributed by atoms with E-state index in [9.17, 15) is 0 Å². The predicted molar refractivity (Wildman–Crippen MR) is 77.4 cm³/mol. The van der Waals surface area contributed by atoms with E-state index in [-0.39, 0.29) is 6.10 Å². The summed E-state index contributed by atoms with van der Waals surface area (Å²) in [4.78, 5) is 7.08. The van der Waals surface area contributed by atoms with Gasteiger partial charge in [-0.3, -0.25) is 10.00 Å². The highest BCUT2D eigenvalue weighted by atomic mass is 16.5. The zero-order valence-electron chi connectivity index (χ0n) is 12.2. The number of allylic oxidation sites excluding steroid dienone is 1. The minimum Gasteiger partial charge on any atom is -0.367 e. The molecule has 1 aliphatic carbocycles. The molecule has 2 heterocycles. The second-order valence-corrected chi connectivity index (χ2v) is 5.67. The number of rotatable bonds is 4. The van der Waals surface area contributed by atoms with Gasteiger partial charge in [-0.15, -0.1) is 0 Å². The summed E-state index contributed by atoms with van der Waals surface area (Å²) < 4.78 is 5.87. The van der Waals surface area contributed by atoms with Crippen LogP contribution in [0.4, 0.5) is 0 Å². The van der Waals surface area contributed by atoms with Crippen LogP contribution >= 0.6 is 0 Å². The summed E-state index contributed by atoms with van der Waals surface area (Å²) in [6, 6.07) is 0.573. The van der Waals surface area contributed by atoms with Gasteiger partial charge in [0.15, 0.2) is 5.82 Å². The molecule has 0 aromatic carbocycles. The SMILES string of the molecule is CCCc1nc([C@@H]2CN([C@H]3C=CCCC3)CCO2)n[nH]1. The van der Waals surface area contributed by atoms with Crippen molar-refractivity contribution >= 4 is 0 Å². The lowest BCUT2D eigenvalue weighted by Gasteiger charge is -2.37. The molecule has 1 fully saturated rings. The maximum Gasteiger partial charge on any atom is 0.180 e. The number of nitrogens with zero attached hydrogens (tertiary/aromatic N) is 3. The van der Waals surface area contributed by atoms with E-state index in [0.29, 0.717) is 6.04 Å². The Morgan fingerprint density at radius 1 is 1.50 bits per heavy atom. The number of ether oxygens (including phenoxy) is 1. The number of aromatic nitrogens is 3. The zero-order valence-corrected chi connectivity index (χ0v) is 12.2. The first-order valence-electron chi connectivity index (χ1n) is 7.80. The second kappa shape index (κ2) is 6.50. The van der Waals surface area contributed by atoms with Crippen LogP contribution in [-0.2, 0) is 11.2 Å². The van der Waals surface area contributed by atoms with Gasteiger partial charge in [0, 0.05) is 25.6 Å². The van der Waals surface area contributed by atoms with Crippen molar-refractivity contribution < 1.29 is 4.74 Å². The first-order valence-corrected chi connectivity index (χ1v) is 7.80. The number of morpholine rings is 1. The maximum absolute atomic E-state index is 5.87. The molecule has 5 heteroatoms. The van der Waals surface area contributed by atoms with Crippen LogP contribution in [0, 0.1) is 0 Å². The molecule has 5 nitrogen and oxygen atoms in total. The van der Waals surface area contributed by atoms with Crippen molar-refractivity contribution in [1.29, 1.82) is 0 Å². The molecule has 1 aliphatic heterocycles. The molecule has 1 N–H and O–H groups in total. The van der Waals surface area contributed by atoms with Crippen LogP contribution in [0.1, 0.15) is 50.4 Å². The Bertz CT molecular complexity index is 456. The number of nitrogens with one attached hydrogen (secondary N) is 1. The lowest BCUT2D eigenvalue weighted by Crippen LogP contribution is -2.44. The van der Waals surface area contributed by atoms with Crippen LogP contribution in [-0.4, -0.2) is 45.8 Å². The molecule has 0 radical (unpaired) electrons. The van der Waals surface area contributed by atoms with Crippen LogP contribution in [0.3, 0.4) is 0 Å². The highest BCUT2D eigenvalue weighted by Gasteiger charge is 2.28. The normalized spacial score (nSPS) is 27.9. The Balaban J connectivity index is 1.64. The number of H-pyrrole nitrogens is 1. The van der Waals surface area contributed by atoms with E-state index in [0.717, 1.165) is 44.2 Å². The third-order valence-corrected chi connectivity index (χ3v) is 4.12. The van der Waals surface area contributed by atoms with Gasteiger partial charge in [0.05, 0.1) is 6.61 Å². The number of hydrogen-bond acceptors (Lipinski definition) is 4. The van der Waals surface area contributed by atoms with E-state index < -0.39 is 0 Å². The van der Waals surface area contributed by atoms with E-state index in [1.807, 2.05) is 0 Å². The molecule has 110 valence electrons. The zero-order chi connectivity index (χ0) is 13.8. The van der Waals surface area contributed by atoms with Crippen LogP contribution in [0.5, 0.6) is 0 Å². The Morgan fingerprint density at radius 2 is 2.45 bits per heavy atom. The van der Waals surface area contributed by atoms with Gasteiger partial charge < -0.3 is 4.74 Å². The average Bonchev–Trinajstić information content (AvgIpc) is 2.97. The van der Waals surface area contributed by atoms with Crippen molar-refractivity contribution in [3.63, 3.8) is 0 Å². The summed E-state index contributed by atoms with van der Waals surface area (Å²) >= 11 is 0. The summed E-state index contributed by atoms with van der Waals surface area (Å²) in [5, 5.41) is 7.36. The van der Waals surface area contributed by atoms with Crippen LogP contribution in [0.15, 0.2) is 12.2 Å². The Labute approximate surface area is 120 Å². The molecule has 1 saturated heterocycles. The number of aryl methyl sites for hydroxylation is 1. The minimum atomic E-state index is 0.0148. The van der Waals surface area contributed by atoms with E-state index in [1.54, 1.807) is 0 Å². The lowest BCUT2D eigenvalue weighted by atomic mass is 10.0. The van der Waals surface area contributed by atoms with Gasteiger partial charge in [0.2, 0.25) is 0 Å². The Hall–Kier alpha value is -1.20. The van der Waals surface area contributed by atoms with Gasteiger partial charge in [-0.25, -0.2) is 4.98 Å². The minimum absolute atomic E-state index is 0.0148. The van der Waals surface area contributed by atoms with Gasteiger partial charge in [0.1, 0.15) is 11.9 Å². The van der Waals surface area contributed by atoms with Gasteiger partial charge in [-0.05, 0) is 25.7 Å². The fourth-order valence-corrected chi connectivity index (χ4v) is 3.03. The molecule has 20 heavy (non-hydrogen) atoms. The van der Waals surface area contributed by atoms with Crippen molar-refractivity contribution in [3.8, 4) is 0 Å². The van der Waals surface area contributed by atoms with Crippen molar-refractivity contribution in [1.82, 2.24) is 20.1 Å². The molecule has 1 aromatic rings. The van der Waals surface area contributed by atoms with Crippen LogP contribution < -0.4 is 0 Å². The summed E-state index contributed by atoms with van der Waals surface area (Å²) in [6.07, 6.45) is 10.5. The molecule has 2 atom stereocenters. The summed E-state index contributed by atoms with van der Waals surface area (Å²) in [7, 11) is 0. The molecule has 0 unspecified atom stereocenters. The first kappa shape index (κ1) is 13.8. The largest absolute Gasteiger partial charge is 0.367 e. The van der Waals surface area contributed by atoms with E-state index in [1.165, 1.54) is 19.3 Å². The average molecular weight is 276 g/mol. The summed E-state index contributed by atoms with van der Waals surface area (Å²) in [6.45, 7) is 4.83. The molecule has 3 rings (SSSR count). The third-order valence-electron chi connectivity index (χ3n) is 4.12. The van der Waals surface area contributed by atoms with Crippen molar-refractivity contribution in [3.05, 3.63) is 23.8 Å². The Morgan fingerprint density at radius 3 is 3.25 bits per heavy atom. The van der Waals surface area contributed by atoms with Crippen LogP contribution in [0.2, 0.25) is 0 Å². The highest BCUT2D eigenvalue weighted by Crippen LogP contribution is 2.24. The molecule has 1 aromatic heterocycles. The topological polar surface area (TPSA) is 54.0 Å². The predicted octanol–water partition coefficient (Wildman–Crippen LogP) is 2.24. The quantitative estimate of drug-likeness (QED) is 0.857. The highest BCUT2D eigenvalue weighted by molar-refractivity contribution is 5.02. The lowest BCUT2D eigenvalue weighted by molar-refractivity contribution is -0.0442. The molecule has 0 amide bonds. The fourth-order valence-electron chi connectivity index (χ4n) is 3.03. The van der Waals surface area contributed by atoms with Gasteiger partial charge in [0.25, 0.3) is 0 Å². The van der Waals surface area contributed by atoms with Crippen molar-refractivity contribution in [2.75, 3.05) is 19.7 Å². The van der Waals surface area contributed by atoms with Gasteiger partial charge >= 0.3 is 0 Å². The molecule has 0 bridgehead atoms. The van der Waals surface area contributed by atoms with Crippen molar-refractivity contribution in [2.24, 2.45) is 0 Å². The first-order chi connectivity index (χ1) is 9.86. The summed E-state index contributed by atoms with van der Waals surface area (Å²) in [5.74, 6) is 1.79. The molecule has 2 aliphatic rings. The molecule has 0 spiro atoms.